The molecule has 3 heteroatoms. The summed E-state index contributed by atoms with van der Waals surface area (Å²) in [6.07, 6.45) is 8.37. The minimum absolute atomic E-state index is 0.558. The number of hydrogen-bond donors (Lipinski definition) is 1. The van der Waals surface area contributed by atoms with Crippen LogP contribution < -0.4 is 5.73 Å². The second-order valence-electron chi connectivity index (χ2n) is 5.60. The van der Waals surface area contributed by atoms with E-state index in [0.717, 1.165) is 19.0 Å². The first-order valence-corrected chi connectivity index (χ1v) is 8.17. The smallest absolute Gasteiger partial charge is 0.0247 e. The zero-order valence-electron chi connectivity index (χ0n) is 11.5. The van der Waals surface area contributed by atoms with Gasteiger partial charge < -0.3 is 5.73 Å². The van der Waals surface area contributed by atoms with E-state index in [0.29, 0.717) is 6.04 Å². The summed E-state index contributed by atoms with van der Waals surface area (Å²) in [4.78, 5) is 2.47. The fourth-order valence-corrected chi connectivity index (χ4v) is 3.88. The molecule has 1 atom stereocenters. The molecule has 2 nitrogen and oxygen atoms in total. The molecular formula is C15H26N2S. The van der Waals surface area contributed by atoms with Gasteiger partial charge in [0.1, 0.15) is 0 Å². The Hall–Kier alpha value is -0.380. The van der Waals surface area contributed by atoms with Crippen LogP contribution in [0, 0.1) is 5.92 Å². The minimum atomic E-state index is 0.558. The van der Waals surface area contributed by atoms with Crippen molar-refractivity contribution in [3.05, 3.63) is 22.4 Å². The van der Waals surface area contributed by atoms with Crippen LogP contribution in [0.25, 0.3) is 0 Å². The third kappa shape index (κ3) is 3.81. The van der Waals surface area contributed by atoms with Gasteiger partial charge in [0.2, 0.25) is 0 Å². The van der Waals surface area contributed by atoms with E-state index >= 15 is 0 Å². The molecule has 0 bridgehead atoms. The van der Waals surface area contributed by atoms with E-state index in [2.05, 4.69) is 28.8 Å². The van der Waals surface area contributed by atoms with Gasteiger partial charge in [-0.15, -0.1) is 0 Å². The molecular weight excluding hydrogens is 240 g/mol. The molecule has 2 rings (SSSR count). The topological polar surface area (TPSA) is 29.3 Å². The Morgan fingerprint density at radius 1 is 1.33 bits per heavy atom. The van der Waals surface area contributed by atoms with Crippen molar-refractivity contribution < 1.29 is 0 Å². The molecule has 1 saturated carbocycles. The van der Waals surface area contributed by atoms with Crippen LogP contribution in [0.1, 0.15) is 44.1 Å². The Bertz CT molecular complexity index is 315. The Kier molecular flexibility index (Phi) is 5.67. The van der Waals surface area contributed by atoms with E-state index in [1.165, 1.54) is 44.1 Å². The number of nitrogens with zero attached hydrogens (tertiary/aromatic N) is 1. The van der Waals surface area contributed by atoms with Crippen LogP contribution in [0.3, 0.4) is 0 Å². The van der Waals surface area contributed by atoms with Crippen LogP contribution in [0.4, 0.5) is 0 Å². The van der Waals surface area contributed by atoms with Crippen molar-refractivity contribution >= 4 is 11.3 Å². The molecule has 1 unspecified atom stereocenters. The highest BCUT2D eigenvalue weighted by molar-refractivity contribution is 7.07. The van der Waals surface area contributed by atoms with Crippen LogP contribution in [-0.2, 0) is 6.54 Å². The molecule has 0 amide bonds. The van der Waals surface area contributed by atoms with Gasteiger partial charge in [0.15, 0.2) is 0 Å². The lowest BCUT2D eigenvalue weighted by atomic mass is 9.90. The average Bonchev–Trinajstić information content (AvgIpc) is 2.72. The fourth-order valence-electron chi connectivity index (χ4n) is 3.22. The SMILES string of the molecule is CN(Cc1ccsc1)C(CN)C1CCCCCC1. The first-order chi connectivity index (χ1) is 8.81. The predicted molar refractivity (Wildman–Crippen MR) is 79.8 cm³/mol. The monoisotopic (exact) mass is 266 g/mol. The minimum Gasteiger partial charge on any atom is -0.329 e. The molecule has 0 saturated heterocycles. The second kappa shape index (κ2) is 7.27. The Labute approximate surface area is 115 Å². The first kappa shape index (κ1) is 14.0. The number of likely N-dealkylation sites (N-methyl/N-ethyl adjacent to an activating group) is 1. The highest BCUT2D eigenvalue weighted by atomic mass is 32.1. The van der Waals surface area contributed by atoms with Gasteiger partial charge in [-0.2, -0.15) is 11.3 Å². The van der Waals surface area contributed by atoms with Crippen LogP contribution in [0.15, 0.2) is 16.8 Å². The summed E-state index contributed by atoms with van der Waals surface area (Å²) in [5, 5.41) is 4.41. The van der Waals surface area contributed by atoms with E-state index in [-0.39, 0.29) is 0 Å². The molecule has 1 fully saturated rings. The van der Waals surface area contributed by atoms with Gasteiger partial charge in [0.05, 0.1) is 0 Å². The maximum atomic E-state index is 6.05. The lowest BCUT2D eigenvalue weighted by molar-refractivity contribution is 0.160. The van der Waals surface area contributed by atoms with Crippen LogP contribution in [0.2, 0.25) is 0 Å². The largest absolute Gasteiger partial charge is 0.329 e. The molecule has 18 heavy (non-hydrogen) atoms. The van der Waals surface area contributed by atoms with Crippen molar-refractivity contribution in [1.29, 1.82) is 0 Å². The summed E-state index contributed by atoms with van der Waals surface area (Å²) >= 11 is 1.78. The van der Waals surface area contributed by atoms with Crippen molar-refractivity contribution in [2.45, 2.75) is 51.1 Å². The number of nitrogens with two attached hydrogens (primary N) is 1. The van der Waals surface area contributed by atoms with Gasteiger partial charge in [-0.3, -0.25) is 4.90 Å². The molecule has 102 valence electrons. The highest BCUT2D eigenvalue weighted by Gasteiger charge is 2.24. The molecule has 0 aliphatic heterocycles. The normalized spacial score (nSPS) is 19.9. The Morgan fingerprint density at radius 3 is 2.61 bits per heavy atom. The summed E-state index contributed by atoms with van der Waals surface area (Å²) in [6, 6.07) is 2.78. The van der Waals surface area contributed by atoms with Crippen LogP contribution in [0.5, 0.6) is 0 Å². The van der Waals surface area contributed by atoms with Gasteiger partial charge in [-0.05, 0) is 48.2 Å². The molecule has 1 aliphatic rings. The molecule has 0 aromatic carbocycles. The predicted octanol–water partition coefficient (Wildman–Crippen LogP) is 3.48. The van der Waals surface area contributed by atoms with E-state index in [9.17, 15) is 0 Å². The lowest BCUT2D eigenvalue weighted by Gasteiger charge is -2.33. The lowest BCUT2D eigenvalue weighted by Crippen LogP contribution is -2.43. The summed E-state index contributed by atoms with van der Waals surface area (Å²) in [5.74, 6) is 0.807. The first-order valence-electron chi connectivity index (χ1n) is 7.22. The molecule has 2 N–H and O–H groups in total. The third-order valence-electron chi connectivity index (χ3n) is 4.26. The van der Waals surface area contributed by atoms with Gasteiger partial charge in [-0.1, -0.05) is 25.7 Å². The van der Waals surface area contributed by atoms with Gasteiger partial charge in [0, 0.05) is 19.1 Å². The maximum Gasteiger partial charge on any atom is 0.0247 e. The van der Waals surface area contributed by atoms with Crippen molar-refractivity contribution in [3.63, 3.8) is 0 Å². The van der Waals surface area contributed by atoms with E-state index in [4.69, 9.17) is 5.73 Å². The summed E-state index contributed by atoms with van der Waals surface area (Å²) in [7, 11) is 2.24. The zero-order valence-corrected chi connectivity index (χ0v) is 12.3. The highest BCUT2D eigenvalue weighted by Crippen LogP contribution is 2.28. The molecule has 0 radical (unpaired) electrons. The molecule has 1 aromatic heterocycles. The fraction of sp³-hybridized carbons (Fsp3) is 0.733. The van der Waals surface area contributed by atoms with Gasteiger partial charge >= 0.3 is 0 Å². The average molecular weight is 266 g/mol. The maximum absolute atomic E-state index is 6.05. The van der Waals surface area contributed by atoms with E-state index < -0.39 is 0 Å². The summed E-state index contributed by atoms with van der Waals surface area (Å²) in [6.45, 7) is 1.84. The molecule has 1 heterocycles. The molecule has 1 aliphatic carbocycles. The standard InChI is InChI=1S/C15H26N2S/c1-17(11-13-8-9-18-12-13)15(10-16)14-6-4-2-3-5-7-14/h8-9,12,14-15H,2-7,10-11,16H2,1H3. The summed E-state index contributed by atoms with van der Waals surface area (Å²) < 4.78 is 0. The van der Waals surface area contributed by atoms with Crippen molar-refractivity contribution in [2.75, 3.05) is 13.6 Å². The Balaban J connectivity index is 1.93. The van der Waals surface area contributed by atoms with Crippen molar-refractivity contribution in [1.82, 2.24) is 4.90 Å². The number of hydrogen-bond acceptors (Lipinski definition) is 3. The van der Waals surface area contributed by atoms with E-state index in [1.54, 1.807) is 11.3 Å². The van der Waals surface area contributed by atoms with Crippen LogP contribution in [-0.4, -0.2) is 24.5 Å². The number of thiophene rings is 1. The van der Waals surface area contributed by atoms with Crippen molar-refractivity contribution in [3.8, 4) is 0 Å². The summed E-state index contributed by atoms with van der Waals surface area (Å²) in [5.41, 5.74) is 7.47. The zero-order chi connectivity index (χ0) is 12.8. The second-order valence-corrected chi connectivity index (χ2v) is 6.38. The van der Waals surface area contributed by atoms with Gasteiger partial charge in [-0.25, -0.2) is 0 Å². The quantitative estimate of drug-likeness (QED) is 0.827. The van der Waals surface area contributed by atoms with E-state index in [1.807, 2.05) is 0 Å². The van der Waals surface area contributed by atoms with Crippen molar-refractivity contribution in [2.24, 2.45) is 11.7 Å². The molecule has 0 spiro atoms. The third-order valence-corrected chi connectivity index (χ3v) is 5.00. The Morgan fingerprint density at radius 2 is 2.06 bits per heavy atom. The molecule has 1 aromatic rings. The van der Waals surface area contributed by atoms with Crippen LogP contribution >= 0.6 is 11.3 Å². The number of rotatable bonds is 5. The van der Waals surface area contributed by atoms with Gasteiger partial charge in [0.25, 0.3) is 0 Å².